The van der Waals surface area contributed by atoms with E-state index >= 15 is 0 Å². The quantitative estimate of drug-likeness (QED) is 0.491. The van der Waals surface area contributed by atoms with Crippen molar-refractivity contribution in [1.29, 1.82) is 0 Å². The third-order valence-corrected chi connectivity index (χ3v) is 8.82. The number of aromatic nitrogens is 1. The first kappa shape index (κ1) is 23.7. The first-order valence-electron chi connectivity index (χ1n) is 11.2. The average Bonchev–Trinajstić information content (AvgIpc) is 2.81. The molecule has 0 aliphatic carbocycles. The first-order chi connectivity index (χ1) is 15.7. The minimum absolute atomic E-state index is 0.0913. The number of hydrogen-bond donors (Lipinski definition) is 1. The highest BCUT2D eigenvalue weighted by molar-refractivity contribution is 8.00. The van der Waals surface area contributed by atoms with E-state index in [4.69, 9.17) is 0 Å². The highest BCUT2D eigenvalue weighted by atomic mass is 32.2. The molecule has 0 saturated carbocycles. The first-order valence-corrected chi connectivity index (χ1v) is 13.5. The fourth-order valence-corrected chi connectivity index (χ4v) is 6.40. The largest absolute Gasteiger partial charge is 0.325 e. The minimum atomic E-state index is -3.50. The Balaban J connectivity index is 1.52. The number of hydrogen-bond acceptors (Lipinski definition) is 5. The van der Waals surface area contributed by atoms with Crippen LogP contribution in [0.15, 0.2) is 58.5 Å². The third-order valence-electron chi connectivity index (χ3n) is 5.90. The molecule has 174 valence electrons. The Labute approximate surface area is 199 Å². The van der Waals surface area contributed by atoms with Crippen molar-refractivity contribution in [3.8, 4) is 0 Å². The number of rotatable bonds is 6. The molecule has 1 unspecified atom stereocenters. The summed E-state index contributed by atoms with van der Waals surface area (Å²) in [6, 6.07) is 14.7. The summed E-state index contributed by atoms with van der Waals surface area (Å²) in [5.74, 6) is -0.0913. The number of fused-ring (bicyclic) bond motifs is 1. The minimum Gasteiger partial charge on any atom is -0.325 e. The molecule has 1 atom stereocenters. The molecule has 1 aromatic heterocycles. The number of benzene rings is 2. The molecule has 2 aromatic carbocycles. The standard InChI is InChI=1S/C25H29N3O3S2/c1-17-7-9-20(10-8-17)26-25(29)19(3)32-24-15-18(2)22-16-21(11-12-23(22)27-24)33(30,31)28-13-5-4-6-14-28/h7-12,15-16,19H,4-6,13-14H2,1-3H3,(H,26,29). The molecular weight excluding hydrogens is 454 g/mol. The number of carbonyl (C=O) groups is 1. The SMILES string of the molecule is Cc1ccc(NC(=O)C(C)Sc2cc(C)c3cc(S(=O)(=O)N4CCCCC4)ccc3n2)cc1. The van der Waals surface area contributed by atoms with Crippen molar-refractivity contribution in [3.05, 3.63) is 59.7 Å². The van der Waals surface area contributed by atoms with Gasteiger partial charge in [0, 0.05) is 24.2 Å². The Morgan fingerprint density at radius 2 is 1.73 bits per heavy atom. The second-order valence-electron chi connectivity index (χ2n) is 8.54. The maximum absolute atomic E-state index is 13.1. The number of aryl methyl sites for hydroxylation is 2. The molecule has 1 saturated heterocycles. The number of amides is 1. The predicted octanol–water partition coefficient (Wildman–Crippen LogP) is 5.15. The van der Waals surface area contributed by atoms with Crippen molar-refractivity contribution >= 4 is 44.3 Å². The highest BCUT2D eigenvalue weighted by Gasteiger charge is 2.26. The number of nitrogens with zero attached hydrogens (tertiary/aromatic N) is 2. The van der Waals surface area contributed by atoms with Crippen molar-refractivity contribution in [3.63, 3.8) is 0 Å². The van der Waals surface area contributed by atoms with Gasteiger partial charge >= 0.3 is 0 Å². The number of anilines is 1. The third kappa shape index (κ3) is 5.39. The van der Waals surface area contributed by atoms with Gasteiger partial charge in [-0.15, -0.1) is 0 Å². The lowest BCUT2D eigenvalue weighted by atomic mass is 10.1. The van der Waals surface area contributed by atoms with Gasteiger partial charge in [-0.3, -0.25) is 4.79 Å². The molecule has 33 heavy (non-hydrogen) atoms. The average molecular weight is 484 g/mol. The van der Waals surface area contributed by atoms with E-state index in [1.165, 1.54) is 11.8 Å². The lowest BCUT2D eigenvalue weighted by Gasteiger charge is -2.26. The van der Waals surface area contributed by atoms with Gasteiger partial charge in [0.25, 0.3) is 0 Å². The predicted molar refractivity (Wildman–Crippen MR) is 134 cm³/mol. The Kier molecular flexibility index (Phi) is 7.07. The second kappa shape index (κ2) is 9.83. The van der Waals surface area contributed by atoms with Gasteiger partial charge in [-0.2, -0.15) is 4.31 Å². The van der Waals surface area contributed by atoms with Gasteiger partial charge in [0.05, 0.1) is 20.7 Å². The van der Waals surface area contributed by atoms with Gasteiger partial charge < -0.3 is 5.32 Å². The Morgan fingerprint density at radius 1 is 1.03 bits per heavy atom. The zero-order valence-corrected chi connectivity index (χ0v) is 20.8. The van der Waals surface area contributed by atoms with Crippen LogP contribution in [0.4, 0.5) is 5.69 Å². The van der Waals surface area contributed by atoms with Crippen molar-refractivity contribution in [2.75, 3.05) is 18.4 Å². The van der Waals surface area contributed by atoms with Gasteiger partial charge in [-0.05, 0) is 75.6 Å². The summed E-state index contributed by atoms with van der Waals surface area (Å²) < 4.78 is 27.7. The van der Waals surface area contributed by atoms with E-state index in [-0.39, 0.29) is 11.2 Å². The van der Waals surface area contributed by atoms with E-state index in [9.17, 15) is 13.2 Å². The summed E-state index contributed by atoms with van der Waals surface area (Å²) >= 11 is 1.39. The normalized spacial score (nSPS) is 16.0. The van der Waals surface area contributed by atoms with Gasteiger partial charge in [0.15, 0.2) is 0 Å². The van der Waals surface area contributed by atoms with Crippen LogP contribution < -0.4 is 5.32 Å². The van der Waals surface area contributed by atoms with Crippen LogP contribution in [0.1, 0.15) is 37.3 Å². The maximum atomic E-state index is 13.1. The molecule has 0 spiro atoms. The molecule has 6 nitrogen and oxygen atoms in total. The molecule has 1 aliphatic heterocycles. The van der Waals surface area contributed by atoms with Gasteiger partial charge in [0.2, 0.25) is 15.9 Å². The van der Waals surface area contributed by atoms with Crippen LogP contribution in [0.5, 0.6) is 0 Å². The lowest BCUT2D eigenvalue weighted by Crippen LogP contribution is -2.35. The van der Waals surface area contributed by atoms with Crippen LogP contribution in [0.25, 0.3) is 10.9 Å². The summed E-state index contributed by atoms with van der Waals surface area (Å²) in [6.07, 6.45) is 2.89. The van der Waals surface area contributed by atoms with Crippen LogP contribution in [0.2, 0.25) is 0 Å². The second-order valence-corrected chi connectivity index (χ2v) is 11.8. The summed E-state index contributed by atoms with van der Waals surface area (Å²) in [5.41, 5.74) is 3.56. The molecule has 1 fully saturated rings. The van der Waals surface area contributed by atoms with E-state index < -0.39 is 10.0 Å². The molecule has 3 aromatic rings. The Bertz CT molecular complexity index is 1270. The Hall–Kier alpha value is -2.42. The fourth-order valence-electron chi connectivity index (χ4n) is 3.93. The molecule has 8 heteroatoms. The maximum Gasteiger partial charge on any atom is 0.243 e. The van der Waals surface area contributed by atoms with Gasteiger partial charge in [-0.25, -0.2) is 13.4 Å². The van der Waals surface area contributed by atoms with Crippen LogP contribution in [0, 0.1) is 13.8 Å². The van der Waals surface area contributed by atoms with Crippen molar-refractivity contribution in [2.24, 2.45) is 0 Å². The fraction of sp³-hybridized carbons (Fsp3) is 0.360. The molecule has 0 radical (unpaired) electrons. The number of thioether (sulfide) groups is 1. The summed E-state index contributed by atoms with van der Waals surface area (Å²) in [7, 11) is -3.50. The van der Waals surface area contributed by atoms with Crippen molar-refractivity contribution in [1.82, 2.24) is 9.29 Å². The zero-order chi connectivity index (χ0) is 23.6. The summed E-state index contributed by atoms with van der Waals surface area (Å²) in [5, 5.41) is 4.15. The molecule has 1 amide bonds. The molecular formula is C25H29N3O3S2. The van der Waals surface area contributed by atoms with Crippen LogP contribution in [0.3, 0.4) is 0 Å². The zero-order valence-electron chi connectivity index (χ0n) is 19.2. The number of sulfonamides is 1. The monoisotopic (exact) mass is 483 g/mol. The number of nitrogens with one attached hydrogen (secondary N) is 1. The van der Waals surface area contributed by atoms with Crippen LogP contribution in [-0.4, -0.2) is 42.0 Å². The van der Waals surface area contributed by atoms with E-state index in [1.54, 1.807) is 22.5 Å². The van der Waals surface area contributed by atoms with E-state index in [2.05, 4.69) is 10.3 Å². The van der Waals surface area contributed by atoms with Crippen LogP contribution in [-0.2, 0) is 14.8 Å². The van der Waals surface area contributed by atoms with Gasteiger partial charge in [-0.1, -0.05) is 35.9 Å². The van der Waals surface area contributed by atoms with Crippen molar-refractivity contribution in [2.45, 2.75) is 55.2 Å². The van der Waals surface area contributed by atoms with Gasteiger partial charge in [0.1, 0.15) is 0 Å². The highest BCUT2D eigenvalue weighted by Crippen LogP contribution is 2.30. The molecule has 2 heterocycles. The van der Waals surface area contributed by atoms with E-state index in [0.29, 0.717) is 18.0 Å². The summed E-state index contributed by atoms with van der Waals surface area (Å²) in [4.78, 5) is 17.6. The van der Waals surface area contributed by atoms with Crippen molar-refractivity contribution < 1.29 is 13.2 Å². The molecule has 1 aliphatic rings. The van der Waals surface area contributed by atoms with E-state index in [1.807, 2.05) is 51.1 Å². The topological polar surface area (TPSA) is 79.4 Å². The molecule has 1 N–H and O–H groups in total. The Morgan fingerprint density at radius 3 is 2.42 bits per heavy atom. The smallest absolute Gasteiger partial charge is 0.243 e. The molecule has 0 bridgehead atoms. The summed E-state index contributed by atoms with van der Waals surface area (Å²) in [6.45, 7) is 6.96. The number of piperidine rings is 1. The molecule has 4 rings (SSSR count). The lowest BCUT2D eigenvalue weighted by molar-refractivity contribution is -0.115. The number of pyridine rings is 1. The van der Waals surface area contributed by atoms with Crippen LogP contribution >= 0.6 is 11.8 Å². The number of carbonyl (C=O) groups excluding carboxylic acids is 1. The van der Waals surface area contributed by atoms with E-state index in [0.717, 1.165) is 52.0 Å².